The molecule has 2 heterocycles. The highest BCUT2D eigenvalue weighted by atomic mass is 16.2. The van der Waals surface area contributed by atoms with Gasteiger partial charge in [-0.15, -0.1) is 0 Å². The third-order valence-electron chi connectivity index (χ3n) is 5.43. The number of benzene rings is 2. The number of fused-ring (bicyclic) bond motifs is 2. The molecule has 1 amide bonds. The SMILES string of the molecule is CC(C)C(NC(=O)c1c[nH]c(=O)c2ccccc12)c1nc2ccccc2n1C(C)C. The smallest absolute Gasteiger partial charge is 0.255 e. The highest BCUT2D eigenvalue weighted by Crippen LogP contribution is 2.29. The molecule has 0 aliphatic rings. The Morgan fingerprint density at radius 1 is 1.00 bits per heavy atom. The summed E-state index contributed by atoms with van der Waals surface area (Å²) in [5, 5.41) is 4.31. The standard InChI is InChI=1S/C24H26N4O2/c1-14(2)21(22-26-19-11-7-8-12-20(19)28(22)15(3)4)27-24(30)18-13-25-23(29)17-10-6-5-9-16(17)18/h5-15,21H,1-4H3,(H,25,29)(H,27,30). The maximum Gasteiger partial charge on any atom is 0.255 e. The van der Waals surface area contributed by atoms with Crippen molar-refractivity contribution in [2.75, 3.05) is 0 Å². The van der Waals surface area contributed by atoms with Crippen LogP contribution < -0.4 is 10.9 Å². The Hall–Kier alpha value is -3.41. The molecule has 0 saturated heterocycles. The van der Waals surface area contributed by atoms with Gasteiger partial charge in [0.15, 0.2) is 0 Å². The number of hydrogen-bond acceptors (Lipinski definition) is 3. The number of H-pyrrole nitrogens is 1. The molecule has 4 aromatic rings. The van der Waals surface area contributed by atoms with Crippen LogP contribution >= 0.6 is 0 Å². The number of nitrogens with one attached hydrogen (secondary N) is 2. The highest BCUT2D eigenvalue weighted by Gasteiger charge is 2.27. The molecule has 2 N–H and O–H groups in total. The number of carbonyl (C=O) groups excluding carboxylic acids is 1. The summed E-state index contributed by atoms with van der Waals surface area (Å²) in [5.74, 6) is 0.726. The zero-order valence-corrected chi connectivity index (χ0v) is 17.6. The number of nitrogens with zero attached hydrogens (tertiary/aromatic N) is 2. The van der Waals surface area contributed by atoms with Crippen LogP contribution in [0, 0.1) is 5.92 Å². The molecule has 1 unspecified atom stereocenters. The van der Waals surface area contributed by atoms with E-state index in [0.717, 1.165) is 16.9 Å². The van der Waals surface area contributed by atoms with E-state index in [4.69, 9.17) is 4.98 Å². The van der Waals surface area contributed by atoms with Crippen LogP contribution in [0.5, 0.6) is 0 Å². The second-order valence-electron chi connectivity index (χ2n) is 8.19. The van der Waals surface area contributed by atoms with Crippen molar-refractivity contribution in [2.24, 2.45) is 5.92 Å². The molecule has 6 nitrogen and oxygen atoms in total. The molecular formula is C24H26N4O2. The Morgan fingerprint density at radius 2 is 1.67 bits per heavy atom. The van der Waals surface area contributed by atoms with E-state index in [9.17, 15) is 9.59 Å². The van der Waals surface area contributed by atoms with E-state index in [1.807, 2.05) is 24.3 Å². The highest BCUT2D eigenvalue weighted by molar-refractivity contribution is 6.06. The van der Waals surface area contributed by atoms with Crippen LogP contribution in [-0.4, -0.2) is 20.4 Å². The first-order valence-electron chi connectivity index (χ1n) is 10.3. The topological polar surface area (TPSA) is 79.8 Å². The lowest BCUT2D eigenvalue weighted by Crippen LogP contribution is -2.34. The molecule has 0 aliphatic carbocycles. The lowest BCUT2D eigenvalue weighted by Gasteiger charge is -2.25. The predicted molar refractivity (Wildman–Crippen MR) is 120 cm³/mol. The summed E-state index contributed by atoms with van der Waals surface area (Å²) in [6.07, 6.45) is 1.49. The molecule has 154 valence electrons. The fourth-order valence-corrected chi connectivity index (χ4v) is 3.97. The lowest BCUT2D eigenvalue weighted by atomic mass is 10.0. The fourth-order valence-electron chi connectivity index (χ4n) is 3.97. The van der Waals surface area contributed by atoms with Gasteiger partial charge in [0.05, 0.1) is 22.6 Å². The number of imidazole rings is 1. The Balaban J connectivity index is 1.79. The first-order valence-corrected chi connectivity index (χ1v) is 10.3. The van der Waals surface area contributed by atoms with Crippen LogP contribution in [-0.2, 0) is 0 Å². The van der Waals surface area contributed by atoms with Crippen LogP contribution in [0.4, 0.5) is 0 Å². The monoisotopic (exact) mass is 402 g/mol. The average molecular weight is 402 g/mol. The zero-order valence-electron chi connectivity index (χ0n) is 17.6. The Kier molecular flexibility index (Phi) is 5.16. The van der Waals surface area contributed by atoms with Crippen molar-refractivity contribution in [1.29, 1.82) is 0 Å². The summed E-state index contributed by atoms with van der Waals surface area (Å²) in [4.78, 5) is 33.0. The molecule has 0 spiro atoms. The normalized spacial score (nSPS) is 12.7. The number of para-hydroxylation sites is 2. The number of carbonyl (C=O) groups is 1. The van der Waals surface area contributed by atoms with Crippen LogP contribution in [0.3, 0.4) is 0 Å². The molecule has 2 aromatic carbocycles. The van der Waals surface area contributed by atoms with Crippen molar-refractivity contribution in [3.8, 4) is 0 Å². The van der Waals surface area contributed by atoms with Gasteiger partial charge in [0, 0.05) is 23.0 Å². The second kappa shape index (κ2) is 7.78. The number of pyridine rings is 1. The molecule has 0 aliphatic heterocycles. The molecule has 0 bridgehead atoms. The van der Waals surface area contributed by atoms with Gasteiger partial charge in [-0.2, -0.15) is 0 Å². The van der Waals surface area contributed by atoms with Gasteiger partial charge >= 0.3 is 0 Å². The van der Waals surface area contributed by atoms with Gasteiger partial charge in [0.25, 0.3) is 11.5 Å². The van der Waals surface area contributed by atoms with Gasteiger partial charge in [0.2, 0.25) is 0 Å². The van der Waals surface area contributed by atoms with Gasteiger partial charge < -0.3 is 14.9 Å². The summed E-state index contributed by atoms with van der Waals surface area (Å²) in [6.45, 7) is 8.37. The third-order valence-corrected chi connectivity index (χ3v) is 5.43. The Bertz CT molecular complexity index is 1280. The minimum atomic E-state index is -0.280. The predicted octanol–water partition coefficient (Wildman–Crippen LogP) is 4.59. The van der Waals surface area contributed by atoms with Crippen LogP contribution in [0.2, 0.25) is 0 Å². The number of aromatic amines is 1. The van der Waals surface area contributed by atoms with Gasteiger partial charge in [-0.05, 0) is 38.0 Å². The van der Waals surface area contributed by atoms with E-state index >= 15 is 0 Å². The maximum atomic E-state index is 13.3. The van der Waals surface area contributed by atoms with Crippen molar-refractivity contribution in [1.82, 2.24) is 19.9 Å². The van der Waals surface area contributed by atoms with E-state index in [2.05, 4.69) is 48.6 Å². The van der Waals surface area contributed by atoms with Crippen molar-refractivity contribution in [2.45, 2.75) is 39.8 Å². The summed E-state index contributed by atoms with van der Waals surface area (Å²) < 4.78 is 2.19. The summed E-state index contributed by atoms with van der Waals surface area (Å²) in [5.41, 5.74) is 2.21. The van der Waals surface area contributed by atoms with Crippen molar-refractivity contribution >= 4 is 27.7 Å². The number of aromatic nitrogens is 3. The fraction of sp³-hybridized carbons (Fsp3) is 0.292. The number of rotatable bonds is 5. The Morgan fingerprint density at radius 3 is 2.37 bits per heavy atom. The van der Waals surface area contributed by atoms with Gasteiger partial charge in [-0.3, -0.25) is 9.59 Å². The van der Waals surface area contributed by atoms with E-state index in [1.165, 1.54) is 6.20 Å². The molecule has 0 saturated carbocycles. The molecule has 30 heavy (non-hydrogen) atoms. The largest absolute Gasteiger partial charge is 0.342 e. The molecular weight excluding hydrogens is 376 g/mol. The van der Waals surface area contributed by atoms with Gasteiger partial charge in [0.1, 0.15) is 5.82 Å². The first kappa shape index (κ1) is 19.9. The Labute approximate surface area is 175 Å². The summed E-state index contributed by atoms with van der Waals surface area (Å²) in [7, 11) is 0. The van der Waals surface area contributed by atoms with Crippen molar-refractivity contribution in [3.63, 3.8) is 0 Å². The molecule has 2 aromatic heterocycles. The molecule has 6 heteroatoms. The zero-order chi connectivity index (χ0) is 21.4. The van der Waals surface area contributed by atoms with Crippen LogP contribution in [0.25, 0.3) is 21.8 Å². The van der Waals surface area contributed by atoms with Gasteiger partial charge in [-0.25, -0.2) is 4.98 Å². The molecule has 4 rings (SSSR count). The minimum absolute atomic E-state index is 0.122. The minimum Gasteiger partial charge on any atom is -0.342 e. The van der Waals surface area contributed by atoms with E-state index in [-0.39, 0.29) is 29.5 Å². The van der Waals surface area contributed by atoms with E-state index < -0.39 is 0 Å². The first-order chi connectivity index (χ1) is 14.4. The quantitative estimate of drug-likeness (QED) is 0.513. The van der Waals surface area contributed by atoms with Crippen molar-refractivity contribution < 1.29 is 4.79 Å². The molecule has 1 atom stereocenters. The van der Waals surface area contributed by atoms with E-state index in [1.54, 1.807) is 18.2 Å². The van der Waals surface area contributed by atoms with Gasteiger partial charge in [-0.1, -0.05) is 44.2 Å². The van der Waals surface area contributed by atoms with Crippen LogP contribution in [0.1, 0.15) is 56.0 Å². The summed E-state index contributed by atoms with van der Waals surface area (Å²) >= 11 is 0. The summed E-state index contributed by atoms with van der Waals surface area (Å²) in [6, 6.07) is 15.1. The lowest BCUT2D eigenvalue weighted by molar-refractivity contribution is 0.0923. The second-order valence-corrected chi connectivity index (χ2v) is 8.19. The maximum absolute atomic E-state index is 13.3. The molecule has 0 fully saturated rings. The number of amides is 1. The average Bonchev–Trinajstić information content (AvgIpc) is 3.11. The van der Waals surface area contributed by atoms with Crippen molar-refractivity contribution in [3.05, 3.63) is 76.5 Å². The number of hydrogen-bond donors (Lipinski definition) is 2. The third kappa shape index (κ3) is 3.38. The molecule has 0 radical (unpaired) electrons. The van der Waals surface area contributed by atoms with Crippen LogP contribution in [0.15, 0.2) is 59.5 Å². The van der Waals surface area contributed by atoms with E-state index in [0.29, 0.717) is 16.3 Å².